The normalized spacial score (nSPS) is 13.0. The SMILES string of the molecule is CC/C=C\C/C=C\C/C=C\C/C=C\CCCCCCCCCCCCCCCCCCCCCCCCCCC(=O)NC(CO)C(O)CCCCCCCCCCCCCCCCCCCCCCCCC. The van der Waals surface area contributed by atoms with Gasteiger partial charge in [0.15, 0.2) is 0 Å². The summed E-state index contributed by atoms with van der Waals surface area (Å²) >= 11 is 0. The maximum absolute atomic E-state index is 12.5. The molecule has 2 atom stereocenters. The molecule has 0 heterocycles. The van der Waals surface area contributed by atoms with Gasteiger partial charge >= 0.3 is 0 Å². The van der Waals surface area contributed by atoms with Crippen LogP contribution in [0.15, 0.2) is 48.6 Å². The fourth-order valence-electron chi connectivity index (χ4n) is 10.4. The third kappa shape index (κ3) is 59.2. The summed E-state index contributed by atoms with van der Waals surface area (Å²) in [7, 11) is 0. The second kappa shape index (κ2) is 63.6. The van der Waals surface area contributed by atoms with E-state index in [1.807, 2.05) is 0 Å². The molecular formula is C68H129NO3. The quantitative estimate of drug-likeness (QED) is 0.0420. The summed E-state index contributed by atoms with van der Waals surface area (Å²) in [6.45, 7) is 4.29. The van der Waals surface area contributed by atoms with Crippen LogP contribution in [0.2, 0.25) is 0 Å². The zero-order valence-corrected chi connectivity index (χ0v) is 49.0. The standard InChI is InChI=1S/C68H129NO3/c1-3-5-7-9-11-13-15-17-19-21-23-25-27-28-29-30-31-32-33-34-35-36-37-38-39-40-42-44-46-48-50-52-54-56-58-60-62-64-68(72)69-66(65-70)67(71)63-61-59-57-55-53-51-49-47-45-43-41-26-24-22-20-18-16-14-12-10-8-6-4-2/h5,7,11,13,17,19,23,25,66-67,70-71H,3-4,6,8-10,12,14-16,18,20-22,24,26-65H2,1-2H3,(H,69,72)/b7-5-,13-11-,19-17-,25-23-. The van der Waals surface area contributed by atoms with Crippen LogP contribution in [0.5, 0.6) is 0 Å². The molecule has 0 saturated carbocycles. The Morgan fingerprint density at radius 3 is 0.917 bits per heavy atom. The van der Waals surface area contributed by atoms with E-state index in [2.05, 4.69) is 67.8 Å². The molecule has 0 aliphatic heterocycles. The number of carbonyl (C=O) groups is 1. The highest BCUT2D eigenvalue weighted by atomic mass is 16.3. The van der Waals surface area contributed by atoms with Crippen LogP contribution in [0.25, 0.3) is 0 Å². The van der Waals surface area contributed by atoms with Gasteiger partial charge in [-0.05, 0) is 51.4 Å². The molecule has 2 unspecified atom stereocenters. The Labute approximate surface area is 452 Å². The van der Waals surface area contributed by atoms with Gasteiger partial charge in [0.2, 0.25) is 5.91 Å². The van der Waals surface area contributed by atoms with Crippen LogP contribution < -0.4 is 5.32 Å². The molecule has 0 aliphatic rings. The number of amides is 1. The maximum atomic E-state index is 12.5. The lowest BCUT2D eigenvalue weighted by Gasteiger charge is -2.22. The summed E-state index contributed by atoms with van der Waals surface area (Å²) in [6, 6.07) is -0.536. The molecule has 0 saturated heterocycles. The number of rotatable bonds is 61. The van der Waals surface area contributed by atoms with Crippen molar-refractivity contribution in [1.29, 1.82) is 0 Å². The summed E-state index contributed by atoms with van der Waals surface area (Å²) in [5.74, 6) is -0.0235. The highest BCUT2D eigenvalue weighted by molar-refractivity contribution is 5.76. The predicted molar refractivity (Wildman–Crippen MR) is 322 cm³/mol. The highest BCUT2D eigenvalue weighted by Gasteiger charge is 2.20. The second-order valence-corrected chi connectivity index (χ2v) is 22.5. The number of hydrogen-bond donors (Lipinski definition) is 3. The van der Waals surface area contributed by atoms with Crippen LogP contribution in [-0.4, -0.2) is 34.9 Å². The van der Waals surface area contributed by atoms with Gasteiger partial charge in [-0.2, -0.15) is 0 Å². The van der Waals surface area contributed by atoms with Gasteiger partial charge in [-0.1, -0.05) is 351 Å². The molecule has 0 rings (SSSR count). The van der Waals surface area contributed by atoms with E-state index >= 15 is 0 Å². The summed E-state index contributed by atoms with van der Waals surface area (Å²) in [4.78, 5) is 12.5. The number of aliphatic hydroxyl groups excluding tert-OH is 2. The van der Waals surface area contributed by atoms with Crippen molar-refractivity contribution in [1.82, 2.24) is 5.32 Å². The Kier molecular flexibility index (Phi) is 62.2. The lowest BCUT2D eigenvalue weighted by molar-refractivity contribution is -0.123. The minimum Gasteiger partial charge on any atom is -0.394 e. The monoisotopic (exact) mass is 1010 g/mol. The molecule has 0 aromatic carbocycles. The Morgan fingerprint density at radius 1 is 0.347 bits per heavy atom. The van der Waals surface area contributed by atoms with E-state index in [9.17, 15) is 15.0 Å². The molecule has 0 aromatic rings. The third-order valence-corrected chi connectivity index (χ3v) is 15.4. The van der Waals surface area contributed by atoms with Crippen LogP contribution in [0.3, 0.4) is 0 Å². The van der Waals surface area contributed by atoms with Crippen molar-refractivity contribution in [2.24, 2.45) is 0 Å². The summed E-state index contributed by atoms with van der Waals surface area (Å²) < 4.78 is 0. The van der Waals surface area contributed by atoms with Crippen LogP contribution in [0.4, 0.5) is 0 Å². The number of allylic oxidation sites excluding steroid dienone is 8. The van der Waals surface area contributed by atoms with Crippen LogP contribution in [0, 0.1) is 0 Å². The van der Waals surface area contributed by atoms with Crippen molar-refractivity contribution in [3.8, 4) is 0 Å². The van der Waals surface area contributed by atoms with Crippen molar-refractivity contribution in [2.45, 2.75) is 373 Å². The second-order valence-electron chi connectivity index (χ2n) is 22.5. The molecule has 0 fully saturated rings. The van der Waals surface area contributed by atoms with Gasteiger partial charge in [0.25, 0.3) is 0 Å². The molecule has 4 heteroatoms. The van der Waals surface area contributed by atoms with E-state index < -0.39 is 12.1 Å². The third-order valence-electron chi connectivity index (χ3n) is 15.4. The molecule has 72 heavy (non-hydrogen) atoms. The van der Waals surface area contributed by atoms with Crippen molar-refractivity contribution in [2.75, 3.05) is 6.61 Å². The first-order chi connectivity index (χ1) is 35.7. The number of aliphatic hydroxyl groups is 2. The summed E-state index contributed by atoms with van der Waals surface area (Å²) in [5.41, 5.74) is 0. The Bertz CT molecular complexity index is 1140. The van der Waals surface area contributed by atoms with Gasteiger partial charge in [0.1, 0.15) is 0 Å². The number of hydrogen-bond acceptors (Lipinski definition) is 3. The maximum Gasteiger partial charge on any atom is 0.220 e. The summed E-state index contributed by atoms with van der Waals surface area (Å²) in [5, 5.41) is 23.4. The Balaban J connectivity index is 3.39. The molecule has 0 spiro atoms. The van der Waals surface area contributed by atoms with Crippen molar-refractivity contribution >= 4 is 5.91 Å². The minimum absolute atomic E-state index is 0.0235. The average molecular weight is 1010 g/mol. The van der Waals surface area contributed by atoms with Gasteiger partial charge in [0.05, 0.1) is 18.8 Å². The van der Waals surface area contributed by atoms with E-state index in [4.69, 9.17) is 0 Å². The number of unbranched alkanes of at least 4 members (excludes halogenated alkanes) is 46. The fourth-order valence-corrected chi connectivity index (χ4v) is 10.4. The van der Waals surface area contributed by atoms with Crippen molar-refractivity contribution in [3.63, 3.8) is 0 Å². The largest absolute Gasteiger partial charge is 0.394 e. The Hall–Kier alpha value is -1.65. The lowest BCUT2D eigenvalue weighted by Crippen LogP contribution is -2.45. The van der Waals surface area contributed by atoms with Gasteiger partial charge in [-0.3, -0.25) is 4.79 Å². The number of nitrogens with one attached hydrogen (secondary N) is 1. The lowest BCUT2D eigenvalue weighted by atomic mass is 10.0. The van der Waals surface area contributed by atoms with Gasteiger partial charge in [0, 0.05) is 6.42 Å². The highest BCUT2D eigenvalue weighted by Crippen LogP contribution is 2.19. The fraction of sp³-hybridized carbons (Fsp3) is 0.868. The molecule has 424 valence electrons. The predicted octanol–water partition coefficient (Wildman–Crippen LogP) is 22.2. The topological polar surface area (TPSA) is 69.6 Å². The molecule has 0 aromatic heterocycles. The summed E-state index contributed by atoms with van der Waals surface area (Å²) in [6.07, 6.45) is 88.6. The van der Waals surface area contributed by atoms with Crippen molar-refractivity contribution < 1.29 is 15.0 Å². The zero-order valence-electron chi connectivity index (χ0n) is 49.0. The molecule has 0 aliphatic carbocycles. The first-order valence-electron chi connectivity index (χ1n) is 32.8. The molecule has 4 nitrogen and oxygen atoms in total. The first kappa shape index (κ1) is 70.3. The van der Waals surface area contributed by atoms with E-state index in [-0.39, 0.29) is 12.5 Å². The molecule has 0 bridgehead atoms. The van der Waals surface area contributed by atoms with Crippen LogP contribution >= 0.6 is 0 Å². The zero-order chi connectivity index (χ0) is 52.0. The first-order valence-corrected chi connectivity index (χ1v) is 32.8. The van der Waals surface area contributed by atoms with E-state index in [1.54, 1.807) is 0 Å². The van der Waals surface area contributed by atoms with Gasteiger partial charge in [-0.15, -0.1) is 0 Å². The van der Waals surface area contributed by atoms with E-state index in [0.29, 0.717) is 12.8 Å². The van der Waals surface area contributed by atoms with Crippen molar-refractivity contribution in [3.05, 3.63) is 48.6 Å². The molecule has 1 amide bonds. The van der Waals surface area contributed by atoms with E-state index in [0.717, 1.165) is 51.4 Å². The molecular weight excluding hydrogens is 879 g/mol. The van der Waals surface area contributed by atoms with E-state index in [1.165, 1.54) is 283 Å². The molecule has 3 N–H and O–H groups in total. The van der Waals surface area contributed by atoms with Crippen LogP contribution in [0.1, 0.15) is 361 Å². The van der Waals surface area contributed by atoms with Crippen LogP contribution in [-0.2, 0) is 4.79 Å². The molecule has 0 radical (unpaired) electrons. The average Bonchev–Trinajstić information content (AvgIpc) is 3.39. The smallest absolute Gasteiger partial charge is 0.220 e. The minimum atomic E-state index is -0.659. The number of carbonyl (C=O) groups excluding carboxylic acids is 1. The van der Waals surface area contributed by atoms with Gasteiger partial charge < -0.3 is 15.5 Å². The Morgan fingerprint density at radius 2 is 0.611 bits per heavy atom. The van der Waals surface area contributed by atoms with Gasteiger partial charge in [-0.25, -0.2) is 0 Å².